The molecule has 0 bridgehead atoms. The number of carbonyl (C=O) groups excluding carboxylic acids is 3. The van der Waals surface area contributed by atoms with Gasteiger partial charge in [-0.2, -0.15) is 0 Å². The predicted molar refractivity (Wildman–Crippen MR) is 112 cm³/mol. The summed E-state index contributed by atoms with van der Waals surface area (Å²) in [4.78, 5) is 38.6. The number of rotatable bonds is 5. The van der Waals surface area contributed by atoms with Crippen molar-refractivity contribution in [1.82, 2.24) is 4.90 Å². The van der Waals surface area contributed by atoms with E-state index >= 15 is 0 Å². The van der Waals surface area contributed by atoms with Crippen molar-refractivity contribution in [1.29, 1.82) is 0 Å². The molecule has 8 heteroatoms. The van der Waals surface area contributed by atoms with Gasteiger partial charge in [0.05, 0.1) is 6.26 Å². The third-order valence-corrected chi connectivity index (χ3v) is 4.86. The van der Waals surface area contributed by atoms with Gasteiger partial charge in [0, 0.05) is 35.9 Å². The van der Waals surface area contributed by atoms with Gasteiger partial charge in [-0.1, -0.05) is 6.07 Å². The Bertz CT molecular complexity index is 1010. The third-order valence-electron chi connectivity index (χ3n) is 3.81. The van der Waals surface area contributed by atoms with Gasteiger partial charge < -0.3 is 20.0 Å². The Kier molecular flexibility index (Phi) is 6.36. The molecule has 3 rings (SSSR count). The Balaban J connectivity index is 1.63. The maximum absolute atomic E-state index is 12.5. The standard InChI is InChI=1S/C21H19N3O4S/c1-24(2)21(27)29-17-10-8-15(9-11-17)22-19(25)14-5-3-6-16(13-14)23-20(26)18-7-4-12-28-18/h3-13H,1-2H3,(H,22,25)(H,23,26). The van der Waals surface area contributed by atoms with E-state index in [4.69, 9.17) is 4.42 Å². The Labute approximate surface area is 172 Å². The van der Waals surface area contributed by atoms with Crippen LogP contribution in [-0.4, -0.2) is 36.0 Å². The van der Waals surface area contributed by atoms with Gasteiger partial charge >= 0.3 is 0 Å². The fourth-order valence-corrected chi connectivity index (χ4v) is 3.00. The molecule has 3 aromatic rings. The minimum atomic E-state index is -0.395. The van der Waals surface area contributed by atoms with Crippen molar-refractivity contribution in [3.8, 4) is 0 Å². The first-order valence-electron chi connectivity index (χ1n) is 8.68. The summed E-state index contributed by atoms with van der Waals surface area (Å²) < 4.78 is 5.05. The first-order chi connectivity index (χ1) is 13.9. The van der Waals surface area contributed by atoms with Crippen molar-refractivity contribution < 1.29 is 18.8 Å². The number of carbonyl (C=O) groups is 3. The van der Waals surface area contributed by atoms with E-state index in [2.05, 4.69) is 10.6 Å². The monoisotopic (exact) mass is 409 g/mol. The Morgan fingerprint density at radius 2 is 1.59 bits per heavy atom. The third kappa shape index (κ3) is 5.49. The van der Waals surface area contributed by atoms with Crippen LogP contribution in [-0.2, 0) is 0 Å². The van der Waals surface area contributed by atoms with Crippen LogP contribution in [0.25, 0.3) is 0 Å². The van der Waals surface area contributed by atoms with Gasteiger partial charge in [0.15, 0.2) is 5.76 Å². The summed E-state index contributed by atoms with van der Waals surface area (Å²) in [5.41, 5.74) is 1.47. The van der Waals surface area contributed by atoms with E-state index in [1.165, 1.54) is 11.2 Å². The fraction of sp³-hybridized carbons (Fsp3) is 0.0952. The molecule has 7 nitrogen and oxygen atoms in total. The highest BCUT2D eigenvalue weighted by molar-refractivity contribution is 8.13. The van der Waals surface area contributed by atoms with Crippen LogP contribution in [0.1, 0.15) is 20.9 Å². The number of nitrogens with one attached hydrogen (secondary N) is 2. The molecular weight excluding hydrogens is 390 g/mol. The molecule has 0 fully saturated rings. The Morgan fingerprint density at radius 1 is 0.862 bits per heavy atom. The molecule has 0 unspecified atom stereocenters. The zero-order chi connectivity index (χ0) is 20.8. The van der Waals surface area contributed by atoms with Gasteiger partial charge in [0.2, 0.25) is 0 Å². The van der Waals surface area contributed by atoms with E-state index in [0.29, 0.717) is 16.9 Å². The van der Waals surface area contributed by atoms with Crippen LogP contribution in [0.5, 0.6) is 0 Å². The summed E-state index contributed by atoms with van der Waals surface area (Å²) >= 11 is 1.11. The first kappa shape index (κ1) is 20.2. The average Bonchev–Trinajstić information content (AvgIpc) is 3.24. The number of hydrogen-bond acceptors (Lipinski definition) is 5. The Morgan fingerprint density at radius 3 is 2.24 bits per heavy atom. The van der Waals surface area contributed by atoms with Crippen LogP contribution in [0.3, 0.4) is 0 Å². The number of hydrogen-bond donors (Lipinski definition) is 2. The number of anilines is 2. The lowest BCUT2D eigenvalue weighted by Gasteiger charge is -2.10. The van der Waals surface area contributed by atoms with Crippen LogP contribution in [0, 0.1) is 0 Å². The minimum absolute atomic E-state index is 0.0739. The van der Waals surface area contributed by atoms with E-state index in [-0.39, 0.29) is 16.9 Å². The molecule has 1 heterocycles. The summed E-state index contributed by atoms with van der Waals surface area (Å²) in [5.74, 6) is -0.526. The van der Waals surface area contributed by atoms with Crippen molar-refractivity contribution in [3.63, 3.8) is 0 Å². The second-order valence-electron chi connectivity index (χ2n) is 6.25. The molecule has 0 atom stereocenters. The molecule has 0 radical (unpaired) electrons. The first-order valence-corrected chi connectivity index (χ1v) is 9.49. The van der Waals surface area contributed by atoms with Crippen LogP contribution in [0.2, 0.25) is 0 Å². The lowest BCUT2D eigenvalue weighted by molar-refractivity contribution is 0.0993. The number of nitrogens with zero attached hydrogens (tertiary/aromatic N) is 1. The lowest BCUT2D eigenvalue weighted by Crippen LogP contribution is -2.16. The van der Waals surface area contributed by atoms with E-state index in [9.17, 15) is 14.4 Å². The van der Waals surface area contributed by atoms with Crippen molar-refractivity contribution in [2.75, 3.05) is 24.7 Å². The van der Waals surface area contributed by atoms with Gasteiger partial charge in [-0.05, 0) is 66.4 Å². The van der Waals surface area contributed by atoms with Crippen molar-refractivity contribution >= 4 is 40.2 Å². The van der Waals surface area contributed by atoms with Gasteiger partial charge in [-0.25, -0.2) is 0 Å². The molecule has 29 heavy (non-hydrogen) atoms. The normalized spacial score (nSPS) is 10.3. The number of benzene rings is 2. The van der Waals surface area contributed by atoms with Crippen LogP contribution in [0.4, 0.5) is 16.2 Å². The average molecular weight is 409 g/mol. The maximum atomic E-state index is 12.5. The fourth-order valence-electron chi connectivity index (χ4n) is 2.34. The van der Waals surface area contributed by atoms with Crippen molar-refractivity contribution in [2.45, 2.75) is 4.90 Å². The number of amides is 3. The molecule has 148 valence electrons. The van der Waals surface area contributed by atoms with Gasteiger partial charge in [-0.15, -0.1) is 0 Å². The molecule has 0 aliphatic heterocycles. The second kappa shape index (κ2) is 9.11. The molecule has 0 spiro atoms. The number of furan rings is 1. The molecule has 2 N–H and O–H groups in total. The van der Waals surface area contributed by atoms with Crippen molar-refractivity contribution in [3.05, 3.63) is 78.3 Å². The Hall–Kier alpha value is -3.52. The summed E-state index contributed by atoms with van der Waals surface area (Å²) in [6.45, 7) is 0. The quantitative estimate of drug-likeness (QED) is 0.603. The maximum Gasteiger partial charge on any atom is 0.291 e. The smallest absolute Gasteiger partial charge is 0.291 e. The van der Waals surface area contributed by atoms with E-state index in [0.717, 1.165) is 16.7 Å². The summed E-state index contributed by atoms with van der Waals surface area (Å²) in [5, 5.41) is 5.41. The molecule has 1 aromatic heterocycles. The molecule has 3 amide bonds. The zero-order valence-corrected chi connectivity index (χ0v) is 16.7. The highest BCUT2D eigenvalue weighted by Crippen LogP contribution is 2.23. The zero-order valence-electron chi connectivity index (χ0n) is 15.8. The van der Waals surface area contributed by atoms with Crippen LogP contribution >= 0.6 is 11.8 Å². The van der Waals surface area contributed by atoms with Gasteiger partial charge in [-0.3, -0.25) is 14.4 Å². The van der Waals surface area contributed by atoms with Crippen molar-refractivity contribution in [2.24, 2.45) is 0 Å². The van der Waals surface area contributed by atoms with Gasteiger partial charge in [0.25, 0.3) is 17.1 Å². The minimum Gasteiger partial charge on any atom is -0.459 e. The molecular formula is C21H19N3O4S. The SMILES string of the molecule is CN(C)C(=O)Sc1ccc(NC(=O)c2cccc(NC(=O)c3ccco3)c2)cc1. The largest absolute Gasteiger partial charge is 0.459 e. The topological polar surface area (TPSA) is 91.7 Å². The van der Waals surface area contributed by atoms with Crippen LogP contribution < -0.4 is 10.6 Å². The second-order valence-corrected chi connectivity index (χ2v) is 7.28. The predicted octanol–water partition coefficient (Wildman–Crippen LogP) is 4.56. The lowest BCUT2D eigenvalue weighted by atomic mass is 10.1. The molecule has 0 aliphatic carbocycles. The number of thioether (sulfide) groups is 1. The van der Waals surface area contributed by atoms with Gasteiger partial charge in [0.1, 0.15) is 0 Å². The van der Waals surface area contributed by atoms with Crippen LogP contribution in [0.15, 0.2) is 76.2 Å². The molecule has 0 aliphatic rings. The highest BCUT2D eigenvalue weighted by Gasteiger charge is 2.12. The molecule has 0 saturated carbocycles. The highest BCUT2D eigenvalue weighted by atomic mass is 32.2. The van der Waals surface area contributed by atoms with E-state index in [1.807, 2.05) is 0 Å². The summed E-state index contributed by atoms with van der Waals surface area (Å²) in [6.07, 6.45) is 1.42. The molecule has 0 saturated heterocycles. The summed E-state index contributed by atoms with van der Waals surface area (Å²) in [7, 11) is 3.38. The summed E-state index contributed by atoms with van der Waals surface area (Å²) in [6, 6.07) is 16.8. The van der Waals surface area contributed by atoms with E-state index in [1.54, 1.807) is 74.8 Å². The molecule has 2 aromatic carbocycles. The van der Waals surface area contributed by atoms with E-state index < -0.39 is 5.91 Å².